The fourth-order valence-electron chi connectivity index (χ4n) is 1.53. The summed E-state index contributed by atoms with van der Waals surface area (Å²) < 4.78 is 0. The summed E-state index contributed by atoms with van der Waals surface area (Å²) in [5.74, 6) is 0. The Labute approximate surface area is 99.5 Å². The number of benzene rings is 1. The van der Waals surface area contributed by atoms with Crippen LogP contribution < -0.4 is 5.32 Å². The molecule has 0 saturated heterocycles. The highest BCUT2D eigenvalue weighted by Crippen LogP contribution is 2.18. The van der Waals surface area contributed by atoms with Gasteiger partial charge in [-0.2, -0.15) is 0 Å². The van der Waals surface area contributed by atoms with Gasteiger partial charge in [-0.15, -0.1) is 0 Å². The van der Waals surface area contributed by atoms with Crippen LogP contribution in [0.2, 0.25) is 0 Å². The molecule has 0 fully saturated rings. The highest BCUT2D eigenvalue weighted by Gasteiger charge is 2.17. The van der Waals surface area contributed by atoms with Gasteiger partial charge in [0.1, 0.15) is 6.10 Å². The van der Waals surface area contributed by atoms with E-state index < -0.39 is 12.2 Å². The molecule has 2 unspecified atom stereocenters. The normalized spacial score (nSPS) is 13.8. The Morgan fingerprint density at radius 1 is 1.47 bits per heavy atom. The lowest BCUT2D eigenvalue weighted by atomic mass is 10.0. The molecule has 0 aliphatic carbocycles. The Balaban J connectivity index is 2.76. The van der Waals surface area contributed by atoms with Crippen LogP contribution >= 0.6 is 0 Å². The molecule has 0 radical (unpaired) electrons. The molecular formula is C11H16N4O2. The average Bonchev–Trinajstić information content (AvgIpc) is 2.35. The summed E-state index contributed by atoms with van der Waals surface area (Å²) in [6.45, 7) is 0.543. The number of rotatable bonds is 6. The molecule has 0 aromatic heterocycles. The maximum Gasteiger partial charge on any atom is 0.105 e. The van der Waals surface area contributed by atoms with Crippen molar-refractivity contribution in [2.75, 3.05) is 13.6 Å². The van der Waals surface area contributed by atoms with Crippen LogP contribution in [0.4, 0.5) is 0 Å². The van der Waals surface area contributed by atoms with Gasteiger partial charge in [0.15, 0.2) is 0 Å². The molecule has 6 nitrogen and oxygen atoms in total. The molecule has 1 aromatic rings. The monoisotopic (exact) mass is 236 g/mol. The molecule has 92 valence electrons. The van der Waals surface area contributed by atoms with Crippen molar-refractivity contribution < 1.29 is 10.2 Å². The molecule has 0 saturated carbocycles. The Morgan fingerprint density at radius 2 is 2.24 bits per heavy atom. The van der Waals surface area contributed by atoms with Crippen LogP contribution in [-0.2, 0) is 6.54 Å². The molecule has 0 spiro atoms. The molecule has 0 aliphatic rings. The van der Waals surface area contributed by atoms with Crippen molar-refractivity contribution in [3.05, 3.63) is 45.8 Å². The van der Waals surface area contributed by atoms with Gasteiger partial charge in [0, 0.05) is 11.5 Å². The maximum absolute atomic E-state index is 9.85. The first-order chi connectivity index (χ1) is 8.19. The molecule has 0 amide bonds. The first kappa shape index (κ1) is 13.5. The molecule has 3 N–H and O–H groups in total. The van der Waals surface area contributed by atoms with Crippen molar-refractivity contribution in [1.82, 2.24) is 5.32 Å². The standard InChI is InChI=1S/C11H16N4O2/c1-13-6-8-3-2-4-9(5-8)11(17)10(16)7-14-15-12/h2-5,10-11,13,16-17H,6-7H2,1H3. The summed E-state index contributed by atoms with van der Waals surface area (Å²) in [6, 6.07) is 7.27. The van der Waals surface area contributed by atoms with Crippen LogP contribution in [0.15, 0.2) is 29.4 Å². The maximum atomic E-state index is 9.85. The first-order valence-electron chi connectivity index (χ1n) is 5.29. The number of hydrogen-bond acceptors (Lipinski definition) is 4. The third kappa shape index (κ3) is 4.05. The Kier molecular flexibility index (Phi) is 5.45. The van der Waals surface area contributed by atoms with E-state index in [0.29, 0.717) is 12.1 Å². The van der Waals surface area contributed by atoms with Crippen molar-refractivity contribution in [3.8, 4) is 0 Å². The van der Waals surface area contributed by atoms with Gasteiger partial charge >= 0.3 is 0 Å². The summed E-state index contributed by atoms with van der Waals surface area (Å²) >= 11 is 0. The van der Waals surface area contributed by atoms with Crippen molar-refractivity contribution in [2.24, 2.45) is 5.11 Å². The van der Waals surface area contributed by atoms with Gasteiger partial charge in [0.2, 0.25) is 0 Å². The minimum absolute atomic E-state index is 0.145. The van der Waals surface area contributed by atoms with Crippen LogP contribution in [0.3, 0.4) is 0 Å². The van der Waals surface area contributed by atoms with E-state index >= 15 is 0 Å². The number of aliphatic hydroxyl groups is 2. The van der Waals surface area contributed by atoms with E-state index in [1.165, 1.54) is 0 Å². The van der Waals surface area contributed by atoms with Crippen LogP contribution in [0, 0.1) is 0 Å². The highest BCUT2D eigenvalue weighted by molar-refractivity contribution is 5.25. The van der Waals surface area contributed by atoms with E-state index in [9.17, 15) is 10.2 Å². The van der Waals surface area contributed by atoms with Gasteiger partial charge in [-0.05, 0) is 23.7 Å². The fraction of sp³-hybridized carbons (Fsp3) is 0.455. The second-order valence-corrected chi connectivity index (χ2v) is 3.70. The number of hydrogen-bond donors (Lipinski definition) is 3. The summed E-state index contributed by atoms with van der Waals surface area (Å²) in [6.07, 6.45) is -2.13. The number of nitrogens with zero attached hydrogens (tertiary/aromatic N) is 3. The Hall–Kier alpha value is -1.59. The minimum Gasteiger partial charge on any atom is -0.390 e. The van der Waals surface area contributed by atoms with Crippen LogP contribution in [0.5, 0.6) is 0 Å². The topological polar surface area (TPSA) is 101 Å². The molecule has 0 heterocycles. The molecule has 0 aliphatic heterocycles. The molecule has 17 heavy (non-hydrogen) atoms. The Morgan fingerprint density at radius 3 is 2.88 bits per heavy atom. The van der Waals surface area contributed by atoms with Gasteiger partial charge in [-0.25, -0.2) is 0 Å². The zero-order valence-electron chi connectivity index (χ0n) is 9.61. The third-order valence-electron chi connectivity index (χ3n) is 2.37. The van der Waals surface area contributed by atoms with Crippen LogP contribution in [0.1, 0.15) is 17.2 Å². The van der Waals surface area contributed by atoms with E-state index in [1.807, 2.05) is 19.2 Å². The van der Waals surface area contributed by atoms with Crippen molar-refractivity contribution in [2.45, 2.75) is 18.8 Å². The predicted molar refractivity (Wildman–Crippen MR) is 64.2 cm³/mol. The zero-order valence-corrected chi connectivity index (χ0v) is 9.61. The fourth-order valence-corrected chi connectivity index (χ4v) is 1.53. The van der Waals surface area contributed by atoms with Crippen LogP contribution in [0.25, 0.3) is 10.4 Å². The number of nitrogens with one attached hydrogen (secondary N) is 1. The third-order valence-corrected chi connectivity index (χ3v) is 2.37. The van der Waals surface area contributed by atoms with E-state index in [0.717, 1.165) is 5.56 Å². The number of aliphatic hydroxyl groups excluding tert-OH is 2. The lowest BCUT2D eigenvalue weighted by Crippen LogP contribution is -2.21. The molecule has 0 bridgehead atoms. The molecule has 2 atom stereocenters. The summed E-state index contributed by atoms with van der Waals surface area (Å²) in [5.41, 5.74) is 9.76. The largest absolute Gasteiger partial charge is 0.390 e. The highest BCUT2D eigenvalue weighted by atomic mass is 16.3. The van der Waals surface area contributed by atoms with Gasteiger partial charge in [0.25, 0.3) is 0 Å². The van der Waals surface area contributed by atoms with Gasteiger partial charge in [-0.1, -0.05) is 29.4 Å². The van der Waals surface area contributed by atoms with Gasteiger partial charge in [-0.3, -0.25) is 0 Å². The van der Waals surface area contributed by atoms with Gasteiger partial charge < -0.3 is 15.5 Å². The van der Waals surface area contributed by atoms with Crippen molar-refractivity contribution in [3.63, 3.8) is 0 Å². The SMILES string of the molecule is CNCc1cccc(C(O)C(O)CN=[N+]=[N-])c1. The second-order valence-electron chi connectivity index (χ2n) is 3.70. The van der Waals surface area contributed by atoms with Crippen molar-refractivity contribution >= 4 is 0 Å². The summed E-state index contributed by atoms with van der Waals surface area (Å²) in [4.78, 5) is 2.54. The van der Waals surface area contributed by atoms with E-state index in [2.05, 4.69) is 15.3 Å². The first-order valence-corrected chi connectivity index (χ1v) is 5.29. The second kappa shape index (κ2) is 6.88. The molecule has 1 aromatic carbocycles. The lowest BCUT2D eigenvalue weighted by molar-refractivity contribution is 0.0243. The molecular weight excluding hydrogens is 220 g/mol. The van der Waals surface area contributed by atoms with Crippen molar-refractivity contribution in [1.29, 1.82) is 0 Å². The molecule has 1 rings (SSSR count). The minimum atomic E-state index is -1.09. The zero-order chi connectivity index (χ0) is 12.7. The average molecular weight is 236 g/mol. The summed E-state index contributed by atoms with van der Waals surface area (Å²) in [5, 5.41) is 25.7. The number of azide groups is 1. The lowest BCUT2D eigenvalue weighted by Gasteiger charge is -2.17. The van der Waals surface area contributed by atoms with Crippen LogP contribution in [-0.4, -0.2) is 29.9 Å². The predicted octanol–water partition coefficient (Wildman–Crippen LogP) is 1.11. The Bertz CT molecular complexity index is 404. The van der Waals surface area contributed by atoms with Gasteiger partial charge in [0.05, 0.1) is 12.6 Å². The summed E-state index contributed by atoms with van der Waals surface area (Å²) in [7, 11) is 1.83. The van der Waals surface area contributed by atoms with E-state index in [-0.39, 0.29) is 6.54 Å². The quantitative estimate of drug-likeness (QED) is 0.391. The van der Waals surface area contributed by atoms with E-state index in [1.54, 1.807) is 12.1 Å². The smallest absolute Gasteiger partial charge is 0.105 e. The molecule has 6 heteroatoms. The van der Waals surface area contributed by atoms with E-state index in [4.69, 9.17) is 5.53 Å².